The van der Waals surface area contributed by atoms with Gasteiger partial charge in [-0.3, -0.25) is 5.10 Å². The average Bonchev–Trinajstić information content (AvgIpc) is 2.50. The first kappa shape index (κ1) is 8.68. The fourth-order valence-corrected chi connectivity index (χ4v) is 0.748. The molecule has 0 amide bonds. The summed E-state index contributed by atoms with van der Waals surface area (Å²) >= 11 is 0. The topological polar surface area (TPSA) is 74.6 Å². The number of H-pyrrole nitrogens is 1. The molecular formula is C7H10N4O. The van der Waals surface area contributed by atoms with Crippen LogP contribution in [0, 0.1) is 11.3 Å². The van der Waals surface area contributed by atoms with Gasteiger partial charge in [-0.1, -0.05) is 0 Å². The maximum Gasteiger partial charge on any atom is 0.164 e. The Morgan fingerprint density at radius 2 is 2.50 bits per heavy atom. The lowest BCUT2D eigenvalue weighted by Crippen LogP contribution is -1.94. The highest BCUT2D eigenvalue weighted by Gasteiger charge is 2.00. The normalized spacial score (nSPS) is 9.67. The smallest absolute Gasteiger partial charge is 0.164 e. The lowest BCUT2D eigenvalue weighted by Gasteiger charge is -1.93. The van der Waals surface area contributed by atoms with E-state index in [0.717, 1.165) is 0 Å². The summed E-state index contributed by atoms with van der Waals surface area (Å²) in [7, 11) is 0. The van der Waals surface area contributed by atoms with Gasteiger partial charge in [-0.25, -0.2) is 4.98 Å². The minimum Gasteiger partial charge on any atom is -0.374 e. The Bertz CT molecular complexity index is 275. The van der Waals surface area contributed by atoms with E-state index in [4.69, 9.17) is 10.00 Å². The molecule has 0 radical (unpaired) electrons. The highest BCUT2D eigenvalue weighted by Crippen LogP contribution is 1.94. The molecule has 12 heavy (non-hydrogen) atoms. The van der Waals surface area contributed by atoms with Crippen LogP contribution in [0.25, 0.3) is 0 Å². The molecule has 1 N–H and O–H groups in total. The van der Waals surface area contributed by atoms with Crippen LogP contribution >= 0.6 is 0 Å². The summed E-state index contributed by atoms with van der Waals surface area (Å²) < 4.78 is 5.09. The van der Waals surface area contributed by atoms with E-state index in [2.05, 4.69) is 15.2 Å². The van der Waals surface area contributed by atoms with Crippen LogP contribution in [0.2, 0.25) is 0 Å². The molecule has 0 aliphatic rings. The van der Waals surface area contributed by atoms with Crippen molar-refractivity contribution in [3.63, 3.8) is 0 Å². The summed E-state index contributed by atoms with van der Waals surface area (Å²) in [5, 5.41) is 14.8. The number of nitriles is 1. The van der Waals surface area contributed by atoms with E-state index in [0.29, 0.717) is 24.9 Å². The van der Waals surface area contributed by atoms with Gasteiger partial charge in [-0.05, 0) is 6.92 Å². The highest BCUT2D eigenvalue weighted by atomic mass is 16.5. The van der Waals surface area contributed by atoms with Crippen LogP contribution in [0.5, 0.6) is 0 Å². The molecule has 0 saturated heterocycles. The van der Waals surface area contributed by atoms with Crippen molar-refractivity contribution in [1.82, 2.24) is 15.2 Å². The van der Waals surface area contributed by atoms with Gasteiger partial charge < -0.3 is 4.74 Å². The van der Waals surface area contributed by atoms with Crippen LogP contribution in [-0.4, -0.2) is 21.8 Å². The van der Waals surface area contributed by atoms with E-state index in [1.54, 1.807) is 0 Å². The molecule has 0 aliphatic carbocycles. The van der Waals surface area contributed by atoms with Crippen molar-refractivity contribution >= 4 is 0 Å². The van der Waals surface area contributed by atoms with Gasteiger partial charge >= 0.3 is 0 Å². The lowest BCUT2D eigenvalue weighted by molar-refractivity contribution is 0.128. The zero-order valence-corrected chi connectivity index (χ0v) is 6.87. The monoisotopic (exact) mass is 166 g/mol. The second-order valence-electron chi connectivity index (χ2n) is 2.17. The Balaban J connectivity index is 2.48. The zero-order chi connectivity index (χ0) is 8.81. The first-order chi connectivity index (χ1) is 5.86. The fourth-order valence-electron chi connectivity index (χ4n) is 0.748. The number of aromatic amines is 1. The van der Waals surface area contributed by atoms with E-state index in [1.165, 1.54) is 0 Å². The number of rotatable bonds is 4. The van der Waals surface area contributed by atoms with Gasteiger partial charge in [0, 0.05) is 6.61 Å². The van der Waals surface area contributed by atoms with E-state index in [1.807, 2.05) is 13.0 Å². The molecule has 0 fully saturated rings. The van der Waals surface area contributed by atoms with Gasteiger partial charge in [0.25, 0.3) is 0 Å². The Morgan fingerprint density at radius 1 is 1.67 bits per heavy atom. The van der Waals surface area contributed by atoms with E-state index >= 15 is 0 Å². The number of nitrogens with one attached hydrogen (secondary N) is 1. The molecule has 0 aromatic carbocycles. The third-order valence-electron chi connectivity index (χ3n) is 1.26. The largest absolute Gasteiger partial charge is 0.374 e. The number of nitrogens with zero attached hydrogens (tertiary/aromatic N) is 3. The van der Waals surface area contributed by atoms with Crippen molar-refractivity contribution in [3.05, 3.63) is 11.6 Å². The molecule has 64 valence electrons. The van der Waals surface area contributed by atoms with Gasteiger partial charge in [0.05, 0.1) is 12.5 Å². The van der Waals surface area contributed by atoms with Crippen molar-refractivity contribution < 1.29 is 4.74 Å². The molecule has 0 unspecified atom stereocenters. The predicted molar refractivity (Wildman–Crippen MR) is 41.0 cm³/mol. The van der Waals surface area contributed by atoms with Gasteiger partial charge in [0.2, 0.25) is 0 Å². The third kappa shape index (κ3) is 2.32. The Labute approximate surface area is 70.4 Å². The van der Waals surface area contributed by atoms with Crippen LogP contribution in [0.4, 0.5) is 0 Å². The molecule has 0 spiro atoms. The molecule has 0 saturated carbocycles. The van der Waals surface area contributed by atoms with Crippen molar-refractivity contribution in [1.29, 1.82) is 5.26 Å². The third-order valence-corrected chi connectivity index (χ3v) is 1.26. The Morgan fingerprint density at radius 3 is 3.17 bits per heavy atom. The van der Waals surface area contributed by atoms with Crippen LogP contribution in [-0.2, 0) is 17.8 Å². The zero-order valence-electron chi connectivity index (χ0n) is 6.87. The minimum atomic E-state index is 0.239. The predicted octanol–water partition coefficient (Wildman–Crippen LogP) is 0.407. The summed E-state index contributed by atoms with van der Waals surface area (Å²) in [6.45, 7) is 2.98. The molecule has 1 heterocycles. The Kier molecular flexibility index (Phi) is 3.23. The quantitative estimate of drug-likeness (QED) is 0.702. The summed E-state index contributed by atoms with van der Waals surface area (Å²) in [6, 6.07) is 1.97. The highest BCUT2D eigenvalue weighted by molar-refractivity contribution is 4.95. The molecule has 1 rings (SSSR count). The van der Waals surface area contributed by atoms with Gasteiger partial charge in [-0.2, -0.15) is 10.4 Å². The van der Waals surface area contributed by atoms with E-state index in [9.17, 15) is 0 Å². The number of hydrogen-bond donors (Lipinski definition) is 1. The first-order valence-corrected chi connectivity index (χ1v) is 3.71. The standard InChI is InChI=1S/C7H10N4O/c1-2-12-5-7-9-6(3-4-8)10-11-7/h2-3,5H2,1H3,(H,9,10,11). The Hall–Kier alpha value is -1.41. The second kappa shape index (κ2) is 4.46. The maximum atomic E-state index is 8.33. The summed E-state index contributed by atoms with van der Waals surface area (Å²) in [6.07, 6.45) is 0.239. The summed E-state index contributed by atoms with van der Waals surface area (Å²) in [5.74, 6) is 1.19. The fraction of sp³-hybridized carbons (Fsp3) is 0.571. The molecule has 1 aromatic rings. The van der Waals surface area contributed by atoms with Crippen molar-refractivity contribution in [2.24, 2.45) is 0 Å². The number of aromatic nitrogens is 3. The number of hydrogen-bond acceptors (Lipinski definition) is 4. The molecule has 0 aliphatic heterocycles. The maximum absolute atomic E-state index is 8.33. The minimum absolute atomic E-state index is 0.239. The molecule has 0 bridgehead atoms. The molecule has 1 aromatic heterocycles. The van der Waals surface area contributed by atoms with Crippen molar-refractivity contribution in [3.8, 4) is 6.07 Å². The summed E-state index contributed by atoms with van der Waals surface area (Å²) in [4.78, 5) is 4.02. The first-order valence-electron chi connectivity index (χ1n) is 3.71. The van der Waals surface area contributed by atoms with Crippen LogP contribution < -0.4 is 0 Å². The van der Waals surface area contributed by atoms with Gasteiger partial charge in [0.1, 0.15) is 6.61 Å². The second-order valence-corrected chi connectivity index (χ2v) is 2.17. The summed E-state index contributed by atoms with van der Waals surface area (Å²) in [5.41, 5.74) is 0. The molecule has 0 atom stereocenters. The van der Waals surface area contributed by atoms with Gasteiger partial charge in [-0.15, -0.1) is 0 Å². The SMILES string of the molecule is CCOCc1nc(CC#N)n[nH]1. The van der Waals surface area contributed by atoms with Gasteiger partial charge in [0.15, 0.2) is 11.6 Å². The van der Waals surface area contributed by atoms with Crippen molar-refractivity contribution in [2.45, 2.75) is 20.0 Å². The molecule has 5 nitrogen and oxygen atoms in total. The van der Waals surface area contributed by atoms with Crippen LogP contribution in [0.1, 0.15) is 18.6 Å². The van der Waals surface area contributed by atoms with E-state index in [-0.39, 0.29) is 6.42 Å². The molecular weight excluding hydrogens is 156 g/mol. The lowest BCUT2D eigenvalue weighted by atomic mass is 10.4. The van der Waals surface area contributed by atoms with Crippen LogP contribution in [0.3, 0.4) is 0 Å². The van der Waals surface area contributed by atoms with Crippen molar-refractivity contribution in [2.75, 3.05) is 6.61 Å². The number of ether oxygens (including phenoxy) is 1. The van der Waals surface area contributed by atoms with E-state index < -0.39 is 0 Å². The average molecular weight is 166 g/mol. The van der Waals surface area contributed by atoms with Crippen LogP contribution in [0.15, 0.2) is 0 Å². The molecule has 5 heteroatoms.